The first-order valence-electron chi connectivity index (χ1n) is 18.9. The van der Waals surface area contributed by atoms with Gasteiger partial charge in [0.2, 0.25) is 0 Å². The van der Waals surface area contributed by atoms with Crippen molar-refractivity contribution in [3.05, 3.63) is 18.2 Å². The van der Waals surface area contributed by atoms with Crippen LogP contribution in [-0.2, 0) is 19.5 Å². The average Bonchev–Trinajstić information content (AvgIpc) is 3.34. The lowest BCUT2D eigenvalue weighted by atomic mass is 10.0. The monoisotopic (exact) mass is 560 g/mol. The molecule has 1 heterocycles. The van der Waals surface area contributed by atoms with Gasteiger partial charge in [0.05, 0.1) is 13.1 Å². The molecule has 0 atom stereocenters. The summed E-state index contributed by atoms with van der Waals surface area (Å²) in [5.74, 6) is 1.58. The number of hydrogen-bond acceptors (Lipinski definition) is 0. The highest BCUT2D eigenvalue weighted by Gasteiger charge is 2.15. The van der Waals surface area contributed by atoms with Crippen LogP contribution in [0.15, 0.2) is 12.4 Å². The zero-order valence-electron chi connectivity index (χ0n) is 28.2. The molecule has 2 heteroatoms. The van der Waals surface area contributed by atoms with Crippen LogP contribution in [0, 0.1) is 0 Å². The predicted molar refractivity (Wildman–Crippen MR) is 179 cm³/mol. The molecule has 0 aromatic carbocycles. The van der Waals surface area contributed by atoms with Gasteiger partial charge in [-0.2, -0.15) is 0 Å². The van der Waals surface area contributed by atoms with Crippen LogP contribution in [-0.4, -0.2) is 4.57 Å². The third-order valence-electron chi connectivity index (χ3n) is 9.07. The number of unbranched alkanes of at least 4 members (excludes halogenated alkanes) is 26. The highest BCUT2D eigenvalue weighted by molar-refractivity contribution is 4.84. The first-order valence-corrected chi connectivity index (χ1v) is 18.9. The Morgan fingerprint density at radius 2 is 0.775 bits per heavy atom. The molecule has 0 N–H and O–H groups in total. The van der Waals surface area contributed by atoms with E-state index in [1.165, 1.54) is 206 Å². The quantitative estimate of drug-likeness (QED) is 0.0613. The van der Waals surface area contributed by atoms with Gasteiger partial charge < -0.3 is 0 Å². The van der Waals surface area contributed by atoms with Crippen molar-refractivity contribution in [3.63, 3.8) is 0 Å². The Morgan fingerprint density at radius 1 is 0.425 bits per heavy atom. The Bertz CT molecular complexity index is 619. The zero-order chi connectivity index (χ0) is 28.8. The van der Waals surface area contributed by atoms with Crippen molar-refractivity contribution in [2.24, 2.45) is 0 Å². The van der Waals surface area contributed by atoms with E-state index < -0.39 is 0 Å². The van der Waals surface area contributed by atoms with Crippen LogP contribution in [0.25, 0.3) is 0 Å². The summed E-state index contributed by atoms with van der Waals surface area (Å²) in [4.78, 5) is 0. The Morgan fingerprint density at radius 3 is 1.15 bits per heavy atom. The molecule has 0 radical (unpaired) electrons. The molecule has 0 amide bonds. The summed E-state index contributed by atoms with van der Waals surface area (Å²) >= 11 is 0. The van der Waals surface area contributed by atoms with E-state index in [-0.39, 0.29) is 0 Å². The second kappa shape index (κ2) is 29.7. The number of rotatable bonds is 32. The highest BCUT2D eigenvalue weighted by Crippen LogP contribution is 2.15. The lowest BCUT2D eigenvalue weighted by Gasteiger charge is -2.06. The van der Waals surface area contributed by atoms with Crippen LogP contribution in [0.4, 0.5) is 0 Å². The van der Waals surface area contributed by atoms with Crippen LogP contribution in [0.3, 0.4) is 0 Å². The van der Waals surface area contributed by atoms with Crippen molar-refractivity contribution < 1.29 is 4.57 Å². The fraction of sp³-hybridized carbons (Fsp3) is 0.921. The van der Waals surface area contributed by atoms with E-state index in [9.17, 15) is 0 Å². The summed E-state index contributed by atoms with van der Waals surface area (Å²) in [6.07, 6.45) is 47.5. The molecular weight excluding hydrogens is 484 g/mol. The molecule has 0 saturated carbocycles. The summed E-state index contributed by atoms with van der Waals surface area (Å²) < 4.78 is 5.15. The first-order chi connectivity index (χ1) is 19.8. The van der Waals surface area contributed by atoms with Crippen molar-refractivity contribution in [1.29, 1.82) is 0 Å². The molecule has 40 heavy (non-hydrogen) atoms. The number of aromatic nitrogens is 2. The van der Waals surface area contributed by atoms with E-state index in [4.69, 9.17) is 0 Å². The fourth-order valence-electron chi connectivity index (χ4n) is 6.37. The van der Waals surface area contributed by atoms with Crippen molar-refractivity contribution in [2.45, 2.75) is 226 Å². The minimum atomic E-state index is 1.22. The van der Waals surface area contributed by atoms with Gasteiger partial charge >= 0.3 is 0 Å². The van der Waals surface area contributed by atoms with Crippen LogP contribution in [0.5, 0.6) is 0 Å². The number of aryl methyl sites for hydroxylation is 2. The van der Waals surface area contributed by atoms with Crippen molar-refractivity contribution in [3.8, 4) is 0 Å². The second-order valence-corrected chi connectivity index (χ2v) is 13.0. The van der Waals surface area contributed by atoms with Gasteiger partial charge in [-0.15, -0.1) is 0 Å². The van der Waals surface area contributed by atoms with E-state index in [2.05, 4.69) is 42.3 Å². The van der Waals surface area contributed by atoms with Gasteiger partial charge in [0, 0.05) is 6.42 Å². The van der Waals surface area contributed by atoms with Gasteiger partial charge in [0.25, 0.3) is 5.82 Å². The molecule has 1 aromatic rings. The van der Waals surface area contributed by atoms with E-state index in [0.717, 1.165) is 0 Å². The molecule has 0 saturated heterocycles. The largest absolute Gasteiger partial charge is 0.256 e. The van der Waals surface area contributed by atoms with Gasteiger partial charge in [0.15, 0.2) is 0 Å². The lowest BCUT2D eigenvalue weighted by molar-refractivity contribution is -0.704. The van der Waals surface area contributed by atoms with E-state index in [1.807, 2.05) is 0 Å². The minimum Gasteiger partial charge on any atom is -0.234 e. The molecule has 0 bridgehead atoms. The molecule has 0 aliphatic rings. The van der Waals surface area contributed by atoms with Gasteiger partial charge in [-0.05, 0) is 32.1 Å². The van der Waals surface area contributed by atoms with Crippen molar-refractivity contribution in [2.75, 3.05) is 0 Å². The normalized spacial score (nSPS) is 11.6. The smallest absolute Gasteiger partial charge is 0.234 e. The van der Waals surface area contributed by atoms with Gasteiger partial charge in [-0.3, -0.25) is 0 Å². The van der Waals surface area contributed by atoms with Gasteiger partial charge in [0.1, 0.15) is 12.4 Å². The molecular formula is C38H75N2+. The molecule has 0 fully saturated rings. The summed E-state index contributed by atoms with van der Waals surface area (Å²) in [5, 5.41) is 0. The molecule has 0 unspecified atom stereocenters. The molecule has 0 aliphatic heterocycles. The minimum absolute atomic E-state index is 1.22. The molecule has 1 aromatic heterocycles. The lowest BCUT2D eigenvalue weighted by Crippen LogP contribution is -2.37. The predicted octanol–water partition coefficient (Wildman–Crippen LogP) is 12.7. The van der Waals surface area contributed by atoms with Gasteiger partial charge in [-0.1, -0.05) is 175 Å². The third-order valence-corrected chi connectivity index (χ3v) is 9.07. The second-order valence-electron chi connectivity index (χ2n) is 13.0. The van der Waals surface area contributed by atoms with Crippen LogP contribution in [0.2, 0.25) is 0 Å². The number of imidazole rings is 1. The molecule has 2 nitrogen and oxygen atoms in total. The standard InChI is InChI=1S/C38H75N2/c1-4-7-9-11-13-15-17-19-20-21-22-24-26-28-30-32-35-40-37-36-39(38(40)33-6-3)34-31-29-27-25-23-18-16-14-12-10-8-5-2/h36-37H,4-35H2,1-3H3/q+1. The van der Waals surface area contributed by atoms with Gasteiger partial charge in [-0.25, -0.2) is 9.13 Å². The van der Waals surface area contributed by atoms with Crippen LogP contribution in [0.1, 0.15) is 213 Å². The molecule has 1 rings (SSSR count). The Labute approximate surface area is 253 Å². The van der Waals surface area contributed by atoms with Crippen molar-refractivity contribution in [1.82, 2.24) is 4.57 Å². The van der Waals surface area contributed by atoms with E-state index in [1.54, 1.807) is 5.82 Å². The molecule has 0 spiro atoms. The van der Waals surface area contributed by atoms with Crippen LogP contribution < -0.4 is 4.57 Å². The number of hydrogen-bond donors (Lipinski definition) is 0. The zero-order valence-corrected chi connectivity index (χ0v) is 28.2. The van der Waals surface area contributed by atoms with Crippen LogP contribution >= 0.6 is 0 Å². The van der Waals surface area contributed by atoms with Crippen molar-refractivity contribution >= 4 is 0 Å². The average molecular weight is 560 g/mol. The summed E-state index contributed by atoms with van der Waals surface area (Å²) in [7, 11) is 0. The topological polar surface area (TPSA) is 8.81 Å². The maximum atomic E-state index is 2.58. The Balaban J connectivity index is 2.00. The highest BCUT2D eigenvalue weighted by atomic mass is 15.1. The fourth-order valence-corrected chi connectivity index (χ4v) is 6.37. The maximum absolute atomic E-state index is 2.58. The summed E-state index contributed by atoms with van der Waals surface area (Å²) in [5.41, 5.74) is 0. The first kappa shape index (κ1) is 37.2. The maximum Gasteiger partial charge on any atom is 0.256 e. The van der Waals surface area contributed by atoms with E-state index >= 15 is 0 Å². The Kier molecular flexibility index (Phi) is 27.6. The third kappa shape index (κ3) is 21.9. The molecule has 236 valence electrons. The Hall–Kier alpha value is -0.790. The van der Waals surface area contributed by atoms with E-state index in [0.29, 0.717) is 0 Å². The molecule has 0 aliphatic carbocycles. The number of nitrogens with zero attached hydrogens (tertiary/aromatic N) is 2. The summed E-state index contributed by atoms with van der Waals surface area (Å²) in [6.45, 7) is 9.39. The summed E-state index contributed by atoms with van der Waals surface area (Å²) in [6, 6.07) is 0. The SMILES string of the molecule is CCCCCCCCCCCCCCCCCC[n+]1ccn(CCCCCCCCCCCCCC)c1CCC.